The van der Waals surface area contributed by atoms with Crippen LogP contribution in [-0.4, -0.2) is 49.1 Å². The third-order valence-electron chi connectivity index (χ3n) is 5.14. The van der Waals surface area contributed by atoms with Crippen molar-refractivity contribution in [1.29, 1.82) is 0 Å². The highest BCUT2D eigenvalue weighted by atomic mass is 31.2. The second-order valence-corrected chi connectivity index (χ2v) is 9.17. The van der Waals surface area contributed by atoms with Crippen LogP contribution >= 0.6 is 7.60 Å². The van der Waals surface area contributed by atoms with Crippen LogP contribution in [0.4, 0.5) is 0 Å². The third kappa shape index (κ3) is 4.68. The van der Waals surface area contributed by atoms with E-state index in [0.29, 0.717) is 5.75 Å². The molecule has 168 valence electrons. The largest absolute Gasteiger partial charge is 0.507 e. The van der Waals surface area contributed by atoms with Gasteiger partial charge in [0, 0.05) is 13.1 Å². The summed E-state index contributed by atoms with van der Waals surface area (Å²) in [4.78, 5) is 19.7. The van der Waals surface area contributed by atoms with Crippen molar-refractivity contribution in [3.8, 4) is 11.5 Å². The number of phenols is 1. The Morgan fingerprint density at radius 3 is 2.32 bits per heavy atom. The second-order valence-electron chi connectivity index (χ2n) is 7.04. The van der Waals surface area contributed by atoms with Crippen LogP contribution in [0.2, 0.25) is 0 Å². The maximum Gasteiger partial charge on any atom is 0.350 e. The van der Waals surface area contributed by atoms with Gasteiger partial charge in [0.2, 0.25) is 0 Å². The summed E-state index contributed by atoms with van der Waals surface area (Å²) in [7, 11) is -0.694. The fourth-order valence-electron chi connectivity index (χ4n) is 3.85. The minimum atomic E-state index is -3.77. The maximum atomic E-state index is 13.7. The van der Waals surface area contributed by atoms with Crippen molar-refractivity contribution in [3.63, 3.8) is 0 Å². The molecule has 0 aliphatic carbocycles. The Morgan fingerprint density at radius 1 is 1.13 bits per heavy atom. The van der Waals surface area contributed by atoms with Gasteiger partial charge in [0.05, 0.1) is 31.8 Å². The van der Waals surface area contributed by atoms with E-state index in [4.69, 9.17) is 18.6 Å². The summed E-state index contributed by atoms with van der Waals surface area (Å²) in [5, 5.41) is 11.9. The number of carbonyl (C=O) groups excluding carboxylic acids is 1. The van der Waals surface area contributed by atoms with E-state index in [1.807, 2.05) is 30.3 Å². The number of aromatic hydroxyl groups is 1. The number of rotatable bonds is 9. The molecule has 1 heterocycles. The molecule has 9 heteroatoms. The monoisotopic (exact) mass is 449 g/mol. The van der Waals surface area contributed by atoms with Gasteiger partial charge in [-0.3, -0.25) is 14.2 Å². The first kappa shape index (κ1) is 23.4. The molecule has 0 aromatic heterocycles. The van der Waals surface area contributed by atoms with Crippen LogP contribution in [0.1, 0.15) is 35.9 Å². The van der Waals surface area contributed by atoms with Gasteiger partial charge in [-0.25, -0.2) is 0 Å². The SMILES string of the molecule is CCOP(=O)(OCC)[C@@H]1[C@@H](C(=O)c2ccc(OC)cc2O)[C@H](c2ccccc2)ON1C. The third-order valence-corrected chi connectivity index (χ3v) is 7.67. The lowest BCUT2D eigenvalue weighted by Gasteiger charge is -2.29. The highest BCUT2D eigenvalue weighted by Crippen LogP contribution is 2.62. The molecule has 3 rings (SSSR count). The summed E-state index contributed by atoms with van der Waals surface area (Å²) in [6, 6.07) is 13.6. The van der Waals surface area contributed by atoms with Gasteiger partial charge in [0.15, 0.2) is 5.78 Å². The zero-order valence-electron chi connectivity index (χ0n) is 18.1. The number of methoxy groups -OCH3 is 1. The number of hydroxylamine groups is 2. The Hall–Kier alpha value is -2.22. The molecule has 1 N–H and O–H groups in total. The summed E-state index contributed by atoms with van der Waals surface area (Å²) >= 11 is 0. The van der Waals surface area contributed by atoms with Crippen molar-refractivity contribution in [2.24, 2.45) is 5.92 Å². The smallest absolute Gasteiger partial charge is 0.350 e. The van der Waals surface area contributed by atoms with E-state index in [1.54, 1.807) is 27.0 Å². The zero-order chi connectivity index (χ0) is 22.6. The van der Waals surface area contributed by atoms with Crippen LogP contribution in [0, 0.1) is 5.92 Å². The van der Waals surface area contributed by atoms with Gasteiger partial charge in [0.25, 0.3) is 0 Å². The van der Waals surface area contributed by atoms with E-state index in [1.165, 1.54) is 24.3 Å². The van der Waals surface area contributed by atoms with E-state index in [-0.39, 0.29) is 24.5 Å². The molecule has 0 saturated carbocycles. The molecule has 0 spiro atoms. The van der Waals surface area contributed by atoms with Gasteiger partial charge in [0.1, 0.15) is 23.4 Å². The van der Waals surface area contributed by atoms with Crippen LogP contribution in [0.25, 0.3) is 0 Å². The predicted molar refractivity (Wildman–Crippen MR) is 115 cm³/mol. The fraction of sp³-hybridized carbons (Fsp3) is 0.409. The molecule has 1 fully saturated rings. The number of hydrogen-bond donors (Lipinski definition) is 1. The van der Waals surface area contributed by atoms with Crippen LogP contribution in [0.5, 0.6) is 11.5 Å². The van der Waals surface area contributed by atoms with Crippen molar-refractivity contribution in [2.45, 2.75) is 25.7 Å². The second kappa shape index (κ2) is 9.94. The van der Waals surface area contributed by atoms with Crippen molar-refractivity contribution in [1.82, 2.24) is 5.06 Å². The Labute approximate surface area is 182 Å². The number of Topliss-reactive ketones (excluding diaryl/α,β-unsaturated/α-hetero) is 1. The minimum Gasteiger partial charge on any atom is -0.507 e. The summed E-state index contributed by atoms with van der Waals surface area (Å²) in [6.07, 6.45) is -0.737. The predicted octanol–water partition coefficient (Wildman–Crippen LogP) is 4.41. The normalized spacial score (nSPS) is 21.9. The quantitative estimate of drug-likeness (QED) is 0.444. The number of hydrogen-bond acceptors (Lipinski definition) is 8. The van der Waals surface area contributed by atoms with Gasteiger partial charge in [-0.15, -0.1) is 0 Å². The first-order valence-corrected chi connectivity index (χ1v) is 11.7. The Balaban J connectivity index is 2.12. The molecule has 0 radical (unpaired) electrons. The molecule has 2 aromatic rings. The van der Waals surface area contributed by atoms with Crippen molar-refractivity contribution in [2.75, 3.05) is 27.4 Å². The van der Waals surface area contributed by atoms with Crippen LogP contribution in [0.15, 0.2) is 48.5 Å². The number of carbonyl (C=O) groups is 1. The molecule has 1 saturated heterocycles. The number of nitrogens with zero attached hydrogens (tertiary/aromatic N) is 1. The topological polar surface area (TPSA) is 94.5 Å². The van der Waals surface area contributed by atoms with Crippen molar-refractivity contribution >= 4 is 13.4 Å². The molecule has 1 aliphatic heterocycles. The molecule has 1 aliphatic rings. The Bertz CT molecular complexity index is 942. The molecule has 0 unspecified atom stereocenters. The minimum absolute atomic E-state index is 0.0789. The van der Waals surface area contributed by atoms with Gasteiger partial charge in [-0.1, -0.05) is 30.3 Å². The van der Waals surface area contributed by atoms with Crippen LogP contribution in [-0.2, 0) is 18.5 Å². The van der Waals surface area contributed by atoms with Gasteiger partial charge >= 0.3 is 7.60 Å². The van der Waals surface area contributed by atoms with Crippen molar-refractivity contribution < 1.29 is 33.1 Å². The van der Waals surface area contributed by atoms with E-state index in [9.17, 15) is 14.5 Å². The lowest BCUT2D eigenvalue weighted by Crippen LogP contribution is -2.35. The number of phenolic OH excluding ortho intramolecular Hbond substituents is 1. The van der Waals surface area contributed by atoms with Gasteiger partial charge in [-0.2, -0.15) is 5.06 Å². The maximum absolute atomic E-state index is 13.7. The summed E-state index contributed by atoms with van der Waals surface area (Å²) < 4.78 is 30.0. The highest BCUT2D eigenvalue weighted by Gasteiger charge is 2.56. The van der Waals surface area contributed by atoms with E-state index >= 15 is 0 Å². The summed E-state index contributed by atoms with van der Waals surface area (Å²) in [5.41, 5.74) is 0.818. The first-order chi connectivity index (χ1) is 14.9. The van der Waals surface area contributed by atoms with E-state index in [2.05, 4.69) is 0 Å². The Morgan fingerprint density at radius 2 is 1.77 bits per heavy atom. The Kier molecular flexibility index (Phi) is 7.51. The molecule has 0 bridgehead atoms. The fourth-order valence-corrected chi connectivity index (χ4v) is 6.08. The number of benzene rings is 2. The molecular weight excluding hydrogens is 421 g/mol. The number of ketones is 1. The van der Waals surface area contributed by atoms with Crippen LogP contribution in [0.3, 0.4) is 0 Å². The molecule has 8 nitrogen and oxygen atoms in total. The van der Waals surface area contributed by atoms with Crippen molar-refractivity contribution in [3.05, 3.63) is 59.7 Å². The average Bonchev–Trinajstić information content (AvgIpc) is 3.12. The van der Waals surface area contributed by atoms with Gasteiger partial charge < -0.3 is 18.9 Å². The highest BCUT2D eigenvalue weighted by molar-refractivity contribution is 7.54. The average molecular weight is 449 g/mol. The molecular formula is C22H28NO7P. The summed E-state index contributed by atoms with van der Waals surface area (Å²) in [5.74, 6) is -2.18. The molecule has 0 amide bonds. The standard InChI is InChI=1S/C22H28NO7P/c1-5-28-31(26,29-6-2)22-19(20(25)17-13-12-16(27-4)14-18(17)24)21(30-23(22)3)15-10-8-7-9-11-15/h7-14,19,21-22,24H,5-6H2,1-4H3/t19-,21-,22+/m0/s1. The molecule has 3 atom stereocenters. The lowest BCUT2D eigenvalue weighted by atomic mass is 9.88. The lowest BCUT2D eigenvalue weighted by molar-refractivity contribution is -0.137. The van der Waals surface area contributed by atoms with E-state index < -0.39 is 31.2 Å². The van der Waals surface area contributed by atoms with Crippen LogP contribution < -0.4 is 4.74 Å². The van der Waals surface area contributed by atoms with Gasteiger partial charge in [-0.05, 0) is 31.5 Å². The number of ether oxygens (including phenoxy) is 1. The summed E-state index contributed by atoms with van der Waals surface area (Å²) in [6.45, 7) is 3.71. The zero-order valence-corrected chi connectivity index (χ0v) is 19.0. The molecule has 2 aromatic carbocycles. The first-order valence-electron chi connectivity index (χ1n) is 10.1. The van der Waals surface area contributed by atoms with E-state index in [0.717, 1.165) is 5.56 Å². The molecule has 31 heavy (non-hydrogen) atoms.